The molecule has 3 aliphatic heterocycles. The Hall–Kier alpha value is -2.38. The van der Waals surface area contributed by atoms with Crippen molar-refractivity contribution in [2.24, 2.45) is 29.6 Å². The van der Waals surface area contributed by atoms with Crippen LogP contribution in [-0.2, 0) is 19.1 Å². The van der Waals surface area contributed by atoms with E-state index in [1.54, 1.807) is 29.2 Å². The number of hydrogen-bond acceptors (Lipinski definition) is 4. The molecular formula is C29H38ClN3O4. The molecule has 7 nitrogen and oxygen atoms in total. The summed E-state index contributed by atoms with van der Waals surface area (Å²) < 4.78 is 6.44. The third-order valence-corrected chi connectivity index (χ3v) is 9.27. The van der Waals surface area contributed by atoms with Crippen LogP contribution >= 0.6 is 11.6 Å². The molecule has 5 rings (SSSR count). The number of amides is 3. The molecule has 4 aliphatic rings. The fourth-order valence-electron chi connectivity index (χ4n) is 6.71. The Labute approximate surface area is 224 Å². The first-order chi connectivity index (χ1) is 17.6. The molecule has 1 aromatic rings. The van der Waals surface area contributed by atoms with Gasteiger partial charge >= 0.3 is 0 Å². The van der Waals surface area contributed by atoms with Crippen molar-refractivity contribution in [3.63, 3.8) is 0 Å². The molecule has 3 fully saturated rings. The minimum Gasteiger partial charge on any atom is -0.359 e. The summed E-state index contributed by atoms with van der Waals surface area (Å²) in [6, 6.07) is 6.15. The second-order valence-corrected chi connectivity index (χ2v) is 12.2. The molecule has 1 aromatic carbocycles. The van der Waals surface area contributed by atoms with Gasteiger partial charge in [-0.25, -0.2) is 0 Å². The van der Waals surface area contributed by atoms with Crippen LogP contribution in [-0.4, -0.2) is 53.0 Å². The lowest BCUT2D eigenvalue weighted by atomic mass is 9.73. The molecule has 1 spiro atoms. The lowest BCUT2D eigenvalue weighted by Crippen LogP contribution is -2.58. The van der Waals surface area contributed by atoms with E-state index < -0.39 is 29.6 Å². The van der Waals surface area contributed by atoms with Gasteiger partial charge in [-0.15, -0.1) is 0 Å². The third-order valence-electron chi connectivity index (χ3n) is 9.02. The van der Waals surface area contributed by atoms with Crippen molar-refractivity contribution in [1.29, 1.82) is 0 Å². The zero-order valence-electron chi connectivity index (χ0n) is 22.1. The standard InChI is InChI=1S/C29H38ClN3O4/c1-16(2)13-15-33-25(27(35)32-21-7-5-6-17(3)18(21)4)29-14-12-22(37-29)23(24(29)28(33)36)26(34)31-20-10-8-19(30)9-11-20/h8-12,14,16-18,21-25H,5-7,13,15H2,1-4H3,(H,31,34)(H,32,35)/t17?,18?,21?,22-,23?,24-,25?,29?/m1/s1. The number of benzene rings is 1. The lowest BCUT2D eigenvalue weighted by molar-refractivity contribution is -0.141. The molecule has 2 N–H and O–H groups in total. The van der Waals surface area contributed by atoms with Gasteiger partial charge < -0.3 is 20.3 Å². The van der Waals surface area contributed by atoms with Gasteiger partial charge in [0, 0.05) is 23.3 Å². The second kappa shape index (κ2) is 10.1. The van der Waals surface area contributed by atoms with Crippen molar-refractivity contribution in [3.8, 4) is 0 Å². The van der Waals surface area contributed by atoms with E-state index in [-0.39, 0.29) is 23.8 Å². The van der Waals surface area contributed by atoms with Gasteiger partial charge in [0.15, 0.2) is 0 Å². The Kier molecular flexibility index (Phi) is 7.14. The number of nitrogens with one attached hydrogen (secondary N) is 2. The van der Waals surface area contributed by atoms with Crippen molar-refractivity contribution in [1.82, 2.24) is 10.2 Å². The zero-order valence-corrected chi connectivity index (χ0v) is 22.8. The average molecular weight is 528 g/mol. The molecule has 6 unspecified atom stereocenters. The maximum absolute atomic E-state index is 14.0. The highest BCUT2D eigenvalue weighted by atomic mass is 35.5. The zero-order chi connectivity index (χ0) is 26.5. The van der Waals surface area contributed by atoms with E-state index in [2.05, 4.69) is 38.3 Å². The fraction of sp³-hybridized carbons (Fsp3) is 0.621. The molecule has 2 saturated heterocycles. The van der Waals surface area contributed by atoms with Crippen molar-refractivity contribution >= 4 is 35.0 Å². The first-order valence-corrected chi connectivity index (χ1v) is 14.0. The largest absolute Gasteiger partial charge is 0.359 e. The predicted molar refractivity (Wildman–Crippen MR) is 143 cm³/mol. The summed E-state index contributed by atoms with van der Waals surface area (Å²) in [5.41, 5.74) is -0.527. The number of nitrogens with zero attached hydrogens (tertiary/aromatic N) is 1. The Balaban J connectivity index is 1.43. The molecule has 3 heterocycles. The smallest absolute Gasteiger partial charge is 0.246 e. The highest BCUT2D eigenvalue weighted by Gasteiger charge is 2.72. The topological polar surface area (TPSA) is 87.7 Å². The number of halogens is 1. The quantitative estimate of drug-likeness (QED) is 0.514. The van der Waals surface area contributed by atoms with Crippen LogP contribution in [0.2, 0.25) is 5.02 Å². The van der Waals surface area contributed by atoms with Gasteiger partial charge in [0.25, 0.3) is 0 Å². The number of hydrogen-bond donors (Lipinski definition) is 2. The van der Waals surface area contributed by atoms with Crippen LogP contribution in [0.1, 0.15) is 53.4 Å². The molecule has 8 heteroatoms. The summed E-state index contributed by atoms with van der Waals surface area (Å²) in [4.78, 5) is 43.1. The first-order valence-electron chi connectivity index (χ1n) is 13.7. The molecule has 3 amide bonds. The van der Waals surface area contributed by atoms with E-state index >= 15 is 0 Å². The third kappa shape index (κ3) is 4.59. The van der Waals surface area contributed by atoms with Crippen molar-refractivity contribution < 1.29 is 19.1 Å². The molecule has 200 valence electrons. The number of carbonyl (C=O) groups is 3. The van der Waals surface area contributed by atoms with E-state index in [9.17, 15) is 14.4 Å². The summed E-state index contributed by atoms with van der Waals surface area (Å²) in [5.74, 6) is -0.805. The van der Waals surface area contributed by atoms with Crippen LogP contribution < -0.4 is 10.6 Å². The number of anilines is 1. The van der Waals surface area contributed by atoms with Crippen LogP contribution in [0.15, 0.2) is 36.4 Å². The number of fused-ring (bicyclic) bond motifs is 1. The Morgan fingerprint density at radius 3 is 2.59 bits per heavy atom. The maximum atomic E-state index is 14.0. The van der Waals surface area contributed by atoms with Gasteiger partial charge in [0.1, 0.15) is 11.6 Å². The van der Waals surface area contributed by atoms with Gasteiger partial charge in [-0.3, -0.25) is 14.4 Å². The minimum absolute atomic E-state index is 0.0698. The second-order valence-electron chi connectivity index (χ2n) is 11.8. The minimum atomic E-state index is -1.13. The predicted octanol–water partition coefficient (Wildman–Crippen LogP) is 4.42. The van der Waals surface area contributed by atoms with E-state index in [4.69, 9.17) is 16.3 Å². The van der Waals surface area contributed by atoms with Gasteiger partial charge in [0.05, 0.1) is 17.9 Å². The number of rotatable bonds is 7. The summed E-state index contributed by atoms with van der Waals surface area (Å²) >= 11 is 5.99. The van der Waals surface area contributed by atoms with Gasteiger partial charge in [0.2, 0.25) is 17.7 Å². The average Bonchev–Trinajstić information content (AvgIpc) is 3.49. The highest BCUT2D eigenvalue weighted by molar-refractivity contribution is 6.30. The Morgan fingerprint density at radius 2 is 1.89 bits per heavy atom. The molecule has 37 heavy (non-hydrogen) atoms. The van der Waals surface area contributed by atoms with Crippen molar-refractivity contribution in [3.05, 3.63) is 41.4 Å². The van der Waals surface area contributed by atoms with Crippen LogP contribution in [0.3, 0.4) is 0 Å². The van der Waals surface area contributed by atoms with Crippen LogP contribution in [0, 0.1) is 29.6 Å². The summed E-state index contributed by atoms with van der Waals surface area (Å²) in [5, 5.41) is 6.80. The van der Waals surface area contributed by atoms with Gasteiger partial charge in [-0.05, 0) is 54.9 Å². The lowest BCUT2D eigenvalue weighted by Gasteiger charge is -2.38. The van der Waals surface area contributed by atoms with E-state index in [0.717, 1.165) is 19.3 Å². The van der Waals surface area contributed by atoms with Crippen molar-refractivity contribution in [2.75, 3.05) is 11.9 Å². The molecule has 8 atom stereocenters. The Morgan fingerprint density at radius 1 is 1.16 bits per heavy atom. The first kappa shape index (κ1) is 26.2. The summed E-state index contributed by atoms with van der Waals surface area (Å²) in [6.45, 7) is 9.09. The van der Waals surface area contributed by atoms with Crippen LogP contribution in [0.4, 0.5) is 5.69 Å². The monoisotopic (exact) mass is 527 g/mol. The molecule has 1 aliphatic carbocycles. The number of ether oxygens (including phenoxy) is 1. The molecule has 2 bridgehead atoms. The normalized spacial score (nSPS) is 36.2. The van der Waals surface area contributed by atoms with Gasteiger partial charge in [-0.1, -0.05) is 64.3 Å². The van der Waals surface area contributed by atoms with E-state index in [1.807, 2.05) is 12.2 Å². The molecular weight excluding hydrogens is 490 g/mol. The Bertz CT molecular complexity index is 1090. The maximum Gasteiger partial charge on any atom is 0.246 e. The molecule has 1 saturated carbocycles. The van der Waals surface area contributed by atoms with E-state index in [1.165, 1.54) is 6.42 Å². The SMILES string of the molecule is CC(C)CCN1C(=O)[C@H]2C(C(=O)Nc3ccc(Cl)cc3)[C@H]3C=CC2(O3)C1C(=O)NC1CCCC(C)C1C. The van der Waals surface area contributed by atoms with Crippen molar-refractivity contribution in [2.45, 2.75) is 77.2 Å². The molecule has 0 aromatic heterocycles. The van der Waals surface area contributed by atoms with Crippen LogP contribution in [0.5, 0.6) is 0 Å². The fourth-order valence-corrected chi connectivity index (χ4v) is 6.84. The van der Waals surface area contributed by atoms with E-state index in [0.29, 0.717) is 35.0 Å². The van der Waals surface area contributed by atoms with Crippen LogP contribution in [0.25, 0.3) is 0 Å². The number of carbonyl (C=O) groups excluding carboxylic acids is 3. The number of likely N-dealkylation sites (tertiary alicyclic amines) is 1. The van der Waals surface area contributed by atoms with Gasteiger partial charge in [-0.2, -0.15) is 0 Å². The molecule has 0 radical (unpaired) electrons. The summed E-state index contributed by atoms with van der Waals surface area (Å²) in [7, 11) is 0. The highest BCUT2D eigenvalue weighted by Crippen LogP contribution is 2.55. The summed E-state index contributed by atoms with van der Waals surface area (Å²) in [6.07, 6.45) is 7.13.